The first-order valence-electron chi connectivity index (χ1n) is 8.00. The highest BCUT2D eigenvalue weighted by atomic mass is 35.5. The van der Waals surface area contributed by atoms with Gasteiger partial charge in [0.1, 0.15) is 6.61 Å². The average molecular weight is 367 g/mol. The zero-order chi connectivity index (χ0) is 17.9. The molecule has 0 bridgehead atoms. The van der Waals surface area contributed by atoms with Crippen molar-refractivity contribution < 1.29 is 4.74 Å². The number of rotatable bonds is 5. The van der Waals surface area contributed by atoms with Gasteiger partial charge in [-0.25, -0.2) is 9.36 Å². The predicted octanol–water partition coefficient (Wildman–Crippen LogP) is 3.58. The van der Waals surface area contributed by atoms with Gasteiger partial charge in [-0.05, 0) is 30.3 Å². The molecule has 2 heterocycles. The van der Waals surface area contributed by atoms with Crippen molar-refractivity contribution in [1.82, 2.24) is 19.6 Å². The number of nitrogens with one attached hydrogen (secondary N) is 1. The van der Waals surface area contributed by atoms with E-state index in [0.717, 1.165) is 16.9 Å². The maximum absolute atomic E-state index is 11.9. The third-order valence-electron chi connectivity index (χ3n) is 3.91. The molecule has 0 saturated heterocycles. The van der Waals surface area contributed by atoms with Crippen molar-refractivity contribution >= 4 is 11.6 Å². The lowest BCUT2D eigenvalue weighted by Gasteiger charge is -2.10. The predicted molar refractivity (Wildman–Crippen MR) is 99.3 cm³/mol. The molecule has 0 amide bonds. The molecule has 0 atom stereocenters. The summed E-state index contributed by atoms with van der Waals surface area (Å²) in [4.78, 5) is 11.9. The summed E-state index contributed by atoms with van der Waals surface area (Å²) < 4.78 is 9.00. The van der Waals surface area contributed by atoms with Crippen molar-refractivity contribution in [3.63, 3.8) is 0 Å². The number of benzene rings is 2. The molecule has 0 aliphatic rings. The Morgan fingerprint density at radius 3 is 2.62 bits per heavy atom. The van der Waals surface area contributed by atoms with Crippen LogP contribution in [0.5, 0.6) is 5.88 Å². The summed E-state index contributed by atoms with van der Waals surface area (Å²) in [6.07, 6.45) is 3.42. The van der Waals surface area contributed by atoms with Gasteiger partial charge in [-0.3, -0.25) is 9.89 Å². The van der Waals surface area contributed by atoms with E-state index in [0.29, 0.717) is 17.5 Å². The van der Waals surface area contributed by atoms with Gasteiger partial charge < -0.3 is 4.74 Å². The Bertz CT molecular complexity index is 1080. The largest absolute Gasteiger partial charge is 0.472 e. The first kappa shape index (κ1) is 16.2. The zero-order valence-electron chi connectivity index (χ0n) is 13.7. The topological polar surface area (TPSA) is 64.8 Å². The lowest BCUT2D eigenvalue weighted by Crippen LogP contribution is -2.16. The molecule has 4 aromatic rings. The highest BCUT2D eigenvalue weighted by molar-refractivity contribution is 6.30. The Balaban J connectivity index is 1.53. The average Bonchev–Trinajstić information content (AvgIpc) is 3.30. The Hall–Kier alpha value is -3.25. The van der Waals surface area contributed by atoms with Crippen LogP contribution < -0.4 is 10.3 Å². The monoisotopic (exact) mass is 366 g/mol. The van der Waals surface area contributed by atoms with Crippen LogP contribution in [-0.2, 0) is 6.61 Å². The fourth-order valence-electron chi connectivity index (χ4n) is 2.63. The van der Waals surface area contributed by atoms with Crippen molar-refractivity contribution in [3.8, 4) is 17.3 Å². The molecule has 0 unspecified atom stereocenters. The molecule has 0 aliphatic heterocycles. The van der Waals surface area contributed by atoms with E-state index in [9.17, 15) is 4.79 Å². The summed E-state index contributed by atoms with van der Waals surface area (Å²) in [6, 6.07) is 18.2. The fraction of sp³-hybridized carbons (Fsp3) is 0.0526. The number of aromatic nitrogens is 4. The van der Waals surface area contributed by atoms with Crippen molar-refractivity contribution in [2.75, 3.05) is 0 Å². The SMILES string of the molecule is O=c1cc[nH]n1-c1ccccc1COc1ccn(-c2ccc(Cl)cc2)n1. The Morgan fingerprint density at radius 1 is 1.04 bits per heavy atom. The molecule has 7 heteroatoms. The number of aromatic amines is 1. The van der Waals surface area contributed by atoms with Crippen molar-refractivity contribution in [1.29, 1.82) is 0 Å². The van der Waals surface area contributed by atoms with Crippen molar-refractivity contribution in [2.24, 2.45) is 0 Å². The molecule has 0 aliphatic carbocycles. The summed E-state index contributed by atoms with van der Waals surface area (Å²) in [6.45, 7) is 0.291. The second-order valence-corrected chi connectivity index (χ2v) is 6.06. The van der Waals surface area contributed by atoms with Gasteiger partial charge in [-0.15, -0.1) is 5.10 Å². The van der Waals surface area contributed by atoms with Gasteiger partial charge in [-0.1, -0.05) is 29.8 Å². The molecule has 2 aromatic carbocycles. The van der Waals surface area contributed by atoms with Gasteiger partial charge in [0, 0.05) is 35.1 Å². The van der Waals surface area contributed by atoms with Crippen LogP contribution in [0.25, 0.3) is 11.4 Å². The molecule has 0 spiro atoms. The van der Waals surface area contributed by atoms with Crippen LogP contribution in [0.2, 0.25) is 5.02 Å². The van der Waals surface area contributed by atoms with Gasteiger partial charge in [0.15, 0.2) is 0 Å². The number of halogens is 1. The minimum absolute atomic E-state index is 0.121. The summed E-state index contributed by atoms with van der Waals surface area (Å²) >= 11 is 5.91. The first-order chi connectivity index (χ1) is 12.7. The maximum Gasteiger partial charge on any atom is 0.271 e. The van der Waals surface area contributed by atoms with Crippen LogP contribution in [0.4, 0.5) is 0 Å². The van der Waals surface area contributed by atoms with Crippen LogP contribution in [-0.4, -0.2) is 19.6 Å². The lowest BCUT2D eigenvalue weighted by atomic mass is 10.2. The summed E-state index contributed by atoms with van der Waals surface area (Å²) in [5.41, 5.74) is 2.39. The van der Waals surface area contributed by atoms with E-state index in [1.165, 1.54) is 10.7 Å². The maximum atomic E-state index is 11.9. The molecule has 0 saturated carbocycles. The number of H-pyrrole nitrogens is 1. The minimum atomic E-state index is -0.121. The molecule has 0 fully saturated rings. The van der Waals surface area contributed by atoms with Crippen LogP contribution in [0.15, 0.2) is 77.9 Å². The highest BCUT2D eigenvalue weighted by Gasteiger charge is 2.08. The van der Waals surface area contributed by atoms with Crippen molar-refractivity contribution in [2.45, 2.75) is 6.61 Å². The normalized spacial score (nSPS) is 10.8. The van der Waals surface area contributed by atoms with Gasteiger partial charge in [0.05, 0.1) is 11.4 Å². The van der Waals surface area contributed by atoms with Crippen LogP contribution in [0.1, 0.15) is 5.56 Å². The van der Waals surface area contributed by atoms with Crippen LogP contribution in [0.3, 0.4) is 0 Å². The van der Waals surface area contributed by atoms with E-state index in [1.807, 2.05) is 54.7 Å². The number of ether oxygens (including phenoxy) is 1. The summed E-state index contributed by atoms with van der Waals surface area (Å²) in [5.74, 6) is 0.494. The number of hydrogen-bond acceptors (Lipinski definition) is 3. The van der Waals surface area contributed by atoms with Gasteiger partial charge in [-0.2, -0.15) is 0 Å². The van der Waals surface area contributed by atoms with Gasteiger partial charge in [0.2, 0.25) is 5.88 Å². The summed E-state index contributed by atoms with van der Waals surface area (Å²) in [7, 11) is 0. The van der Waals surface area contributed by atoms with Crippen LogP contribution >= 0.6 is 11.6 Å². The molecule has 1 N–H and O–H groups in total. The standard InChI is InChI=1S/C19H15ClN4O2/c20-15-5-7-16(8-6-15)23-12-10-18(22-23)26-13-14-3-1-2-4-17(14)24-19(25)9-11-21-24/h1-12,21H,13H2. The quantitative estimate of drug-likeness (QED) is 0.587. The first-order valence-corrected chi connectivity index (χ1v) is 8.38. The molecule has 0 radical (unpaired) electrons. The molecule has 6 nitrogen and oxygen atoms in total. The molecule has 2 aromatic heterocycles. The number of para-hydroxylation sites is 1. The minimum Gasteiger partial charge on any atom is -0.472 e. The molecule has 4 rings (SSSR count). The van der Waals surface area contributed by atoms with E-state index in [2.05, 4.69) is 10.2 Å². The molecule has 130 valence electrons. The third-order valence-corrected chi connectivity index (χ3v) is 4.17. The van der Waals surface area contributed by atoms with Gasteiger partial charge in [0.25, 0.3) is 5.56 Å². The van der Waals surface area contributed by atoms with Gasteiger partial charge >= 0.3 is 0 Å². The summed E-state index contributed by atoms with van der Waals surface area (Å²) in [5, 5.41) is 7.99. The lowest BCUT2D eigenvalue weighted by molar-refractivity contribution is 0.291. The van der Waals surface area contributed by atoms with Crippen molar-refractivity contribution in [3.05, 3.63) is 94.0 Å². The second-order valence-electron chi connectivity index (χ2n) is 5.63. The Labute approximate surface area is 154 Å². The molecule has 26 heavy (non-hydrogen) atoms. The van der Waals surface area contributed by atoms with Crippen LogP contribution in [0, 0.1) is 0 Å². The van der Waals surface area contributed by atoms with E-state index in [1.54, 1.807) is 16.9 Å². The smallest absolute Gasteiger partial charge is 0.271 e. The van der Waals surface area contributed by atoms with E-state index in [4.69, 9.17) is 16.3 Å². The zero-order valence-corrected chi connectivity index (χ0v) is 14.4. The molecular weight excluding hydrogens is 352 g/mol. The highest BCUT2D eigenvalue weighted by Crippen LogP contribution is 2.18. The molecular formula is C19H15ClN4O2. The second kappa shape index (κ2) is 6.93. The Morgan fingerprint density at radius 2 is 1.85 bits per heavy atom. The third kappa shape index (κ3) is 3.27. The fourth-order valence-corrected chi connectivity index (χ4v) is 2.76. The number of hydrogen-bond donors (Lipinski definition) is 1. The van der Waals surface area contributed by atoms with E-state index in [-0.39, 0.29) is 5.56 Å². The van der Waals surface area contributed by atoms with E-state index >= 15 is 0 Å². The Kier molecular flexibility index (Phi) is 4.33. The number of nitrogens with zero attached hydrogens (tertiary/aromatic N) is 3. The van der Waals surface area contributed by atoms with E-state index < -0.39 is 0 Å².